The van der Waals surface area contributed by atoms with Crippen LogP contribution in [0.4, 0.5) is 4.79 Å². The Labute approximate surface area is 175 Å². The van der Waals surface area contributed by atoms with E-state index in [1.165, 1.54) is 4.90 Å². The van der Waals surface area contributed by atoms with Crippen molar-refractivity contribution in [2.24, 2.45) is 0 Å². The van der Waals surface area contributed by atoms with Crippen LogP contribution in [0.1, 0.15) is 37.0 Å². The molecule has 2 aromatic carbocycles. The van der Waals surface area contributed by atoms with Crippen LogP contribution in [0.3, 0.4) is 0 Å². The fourth-order valence-electron chi connectivity index (χ4n) is 2.95. The molecule has 0 bridgehead atoms. The van der Waals surface area contributed by atoms with Gasteiger partial charge in [0.05, 0.1) is 24.7 Å². The zero-order valence-electron chi connectivity index (χ0n) is 17.1. The van der Waals surface area contributed by atoms with Gasteiger partial charge in [-0.1, -0.05) is 42.8 Å². The number of ether oxygens (including phenoxy) is 2. The van der Waals surface area contributed by atoms with E-state index in [2.05, 4.69) is 6.92 Å². The van der Waals surface area contributed by atoms with Crippen LogP contribution in [0, 0.1) is 6.92 Å². The second kappa shape index (κ2) is 9.18. The number of aryl methyl sites for hydroxylation is 1. The number of hydrogen-bond donors (Lipinski definition) is 0. The smallest absolute Gasteiger partial charge is 0.293 e. The number of rotatable bonds is 7. The minimum atomic E-state index is -0.277. The molecule has 3 rings (SSSR count). The first kappa shape index (κ1) is 21.0. The van der Waals surface area contributed by atoms with Gasteiger partial charge in [0.25, 0.3) is 11.1 Å². The fourth-order valence-corrected chi connectivity index (χ4v) is 3.79. The van der Waals surface area contributed by atoms with Crippen molar-refractivity contribution in [3.05, 3.63) is 64.1 Å². The Kier molecular flexibility index (Phi) is 6.64. The quantitative estimate of drug-likeness (QED) is 0.570. The van der Waals surface area contributed by atoms with Gasteiger partial charge in [0, 0.05) is 0 Å². The Bertz CT molecular complexity index is 954. The molecule has 6 heteroatoms. The van der Waals surface area contributed by atoms with E-state index in [0.29, 0.717) is 16.4 Å². The number of imide groups is 1. The molecule has 1 atom stereocenters. The molecule has 1 aliphatic rings. The van der Waals surface area contributed by atoms with Crippen LogP contribution in [0.15, 0.2) is 47.4 Å². The molecule has 1 aliphatic heterocycles. The predicted octanol–water partition coefficient (Wildman–Crippen LogP) is 5.42. The summed E-state index contributed by atoms with van der Waals surface area (Å²) in [6, 6.07) is 13.3. The van der Waals surface area contributed by atoms with E-state index in [0.717, 1.165) is 34.9 Å². The van der Waals surface area contributed by atoms with Crippen molar-refractivity contribution in [3.63, 3.8) is 0 Å². The largest absolute Gasteiger partial charge is 0.493 e. The molecule has 2 aromatic rings. The third kappa shape index (κ3) is 5.01. The van der Waals surface area contributed by atoms with E-state index in [1.807, 2.05) is 56.3 Å². The molecule has 2 amide bonds. The maximum absolute atomic E-state index is 12.8. The SMILES string of the molecule is CCC(C)Oc1ccc(/C=C2\SC(=O)N(Cc3cccc(C)c3)C2=O)cc1OC. The van der Waals surface area contributed by atoms with E-state index in [-0.39, 0.29) is 23.8 Å². The monoisotopic (exact) mass is 411 g/mol. The predicted molar refractivity (Wildman–Crippen MR) is 116 cm³/mol. The van der Waals surface area contributed by atoms with Crippen LogP contribution in [0.2, 0.25) is 0 Å². The number of methoxy groups -OCH3 is 1. The number of benzene rings is 2. The summed E-state index contributed by atoms with van der Waals surface area (Å²) in [5.74, 6) is 0.977. The highest BCUT2D eigenvalue weighted by molar-refractivity contribution is 8.18. The fraction of sp³-hybridized carbons (Fsp3) is 0.304. The van der Waals surface area contributed by atoms with Gasteiger partial charge in [0.1, 0.15) is 0 Å². The second-order valence-corrected chi connectivity index (χ2v) is 8.00. The molecular formula is C23H25NO4S. The van der Waals surface area contributed by atoms with Crippen LogP contribution in [-0.4, -0.2) is 29.3 Å². The molecule has 1 unspecified atom stereocenters. The molecule has 1 heterocycles. The first-order valence-corrected chi connectivity index (χ1v) is 10.4. The van der Waals surface area contributed by atoms with Gasteiger partial charge in [-0.15, -0.1) is 0 Å². The number of amides is 2. The second-order valence-electron chi connectivity index (χ2n) is 7.00. The number of carbonyl (C=O) groups excluding carboxylic acids is 2. The lowest BCUT2D eigenvalue weighted by Crippen LogP contribution is -2.27. The Hall–Kier alpha value is -2.73. The summed E-state index contributed by atoms with van der Waals surface area (Å²) < 4.78 is 11.3. The first-order valence-electron chi connectivity index (χ1n) is 9.57. The van der Waals surface area contributed by atoms with Gasteiger partial charge in [-0.3, -0.25) is 14.5 Å². The number of thioether (sulfide) groups is 1. The van der Waals surface area contributed by atoms with E-state index in [4.69, 9.17) is 9.47 Å². The van der Waals surface area contributed by atoms with Crippen molar-refractivity contribution in [1.82, 2.24) is 4.90 Å². The topological polar surface area (TPSA) is 55.8 Å². The highest BCUT2D eigenvalue weighted by Gasteiger charge is 2.35. The molecule has 0 saturated carbocycles. The number of nitrogens with zero attached hydrogens (tertiary/aromatic N) is 1. The lowest BCUT2D eigenvalue weighted by atomic mass is 10.1. The molecule has 0 aliphatic carbocycles. The molecule has 0 radical (unpaired) electrons. The van der Waals surface area contributed by atoms with Gasteiger partial charge in [-0.25, -0.2) is 0 Å². The first-order chi connectivity index (χ1) is 13.9. The van der Waals surface area contributed by atoms with Crippen LogP contribution >= 0.6 is 11.8 Å². The van der Waals surface area contributed by atoms with E-state index >= 15 is 0 Å². The summed E-state index contributed by atoms with van der Waals surface area (Å²) in [6.45, 7) is 6.31. The summed E-state index contributed by atoms with van der Waals surface area (Å²) in [5.41, 5.74) is 2.80. The average Bonchev–Trinajstić information content (AvgIpc) is 2.96. The Morgan fingerprint density at radius 3 is 2.62 bits per heavy atom. The van der Waals surface area contributed by atoms with E-state index in [1.54, 1.807) is 13.2 Å². The van der Waals surface area contributed by atoms with Crippen molar-refractivity contribution >= 4 is 29.0 Å². The zero-order valence-corrected chi connectivity index (χ0v) is 17.9. The maximum atomic E-state index is 12.8. The van der Waals surface area contributed by atoms with Crippen molar-refractivity contribution < 1.29 is 19.1 Å². The molecule has 0 aromatic heterocycles. The minimum Gasteiger partial charge on any atom is -0.493 e. The van der Waals surface area contributed by atoms with Gasteiger partial charge in [-0.05, 0) is 61.4 Å². The van der Waals surface area contributed by atoms with Crippen LogP contribution in [0.5, 0.6) is 11.5 Å². The highest BCUT2D eigenvalue weighted by atomic mass is 32.2. The lowest BCUT2D eigenvalue weighted by Gasteiger charge is -2.15. The van der Waals surface area contributed by atoms with Crippen LogP contribution in [-0.2, 0) is 11.3 Å². The standard InChI is InChI=1S/C23H25NO4S/c1-5-16(3)28-19-10-9-17(12-20(19)27-4)13-21-22(25)24(23(26)29-21)14-18-8-6-7-15(2)11-18/h6-13,16H,5,14H2,1-4H3/b21-13-. The summed E-state index contributed by atoms with van der Waals surface area (Å²) in [7, 11) is 1.58. The number of hydrogen-bond acceptors (Lipinski definition) is 5. The Morgan fingerprint density at radius 1 is 1.14 bits per heavy atom. The van der Waals surface area contributed by atoms with E-state index < -0.39 is 0 Å². The summed E-state index contributed by atoms with van der Waals surface area (Å²) in [5, 5.41) is -0.258. The maximum Gasteiger partial charge on any atom is 0.293 e. The molecule has 1 saturated heterocycles. The summed E-state index contributed by atoms with van der Waals surface area (Å²) in [4.78, 5) is 26.8. The normalized spacial score (nSPS) is 16.4. The van der Waals surface area contributed by atoms with Crippen molar-refractivity contribution in [3.8, 4) is 11.5 Å². The Balaban J connectivity index is 1.80. The van der Waals surface area contributed by atoms with Crippen molar-refractivity contribution in [2.45, 2.75) is 39.8 Å². The van der Waals surface area contributed by atoms with Gasteiger partial charge in [-0.2, -0.15) is 0 Å². The minimum absolute atomic E-state index is 0.0767. The van der Waals surface area contributed by atoms with Gasteiger partial charge < -0.3 is 9.47 Å². The van der Waals surface area contributed by atoms with Gasteiger partial charge in [0.2, 0.25) is 0 Å². The van der Waals surface area contributed by atoms with Crippen LogP contribution < -0.4 is 9.47 Å². The highest BCUT2D eigenvalue weighted by Crippen LogP contribution is 2.35. The third-order valence-electron chi connectivity index (χ3n) is 4.69. The zero-order chi connectivity index (χ0) is 21.0. The number of carbonyl (C=O) groups is 2. The van der Waals surface area contributed by atoms with Crippen molar-refractivity contribution in [1.29, 1.82) is 0 Å². The molecular weight excluding hydrogens is 386 g/mol. The van der Waals surface area contributed by atoms with Crippen LogP contribution in [0.25, 0.3) is 6.08 Å². The van der Waals surface area contributed by atoms with E-state index in [9.17, 15) is 9.59 Å². The molecule has 0 N–H and O–H groups in total. The average molecular weight is 412 g/mol. The molecule has 29 heavy (non-hydrogen) atoms. The van der Waals surface area contributed by atoms with Crippen molar-refractivity contribution in [2.75, 3.05) is 7.11 Å². The van der Waals surface area contributed by atoms with Gasteiger partial charge in [0.15, 0.2) is 11.5 Å². The molecule has 0 spiro atoms. The molecule has 1 fully saturated rings. The lowest BCUT2D eigenvalue weighted by molar-refractivity contribution is -0.123. The van der Waals surface area contributed by atoms with Gasteiger partial charge >= 0.3 is 0 Å². The summed E-state index contributed by atoms with van der Waals surface area (Å²) >= 11 is 0.958. The molecule has 5 nitrogen and oxygen atoms in total. The summed E-state index contributed by atoms with van der Waals surface area (Å²) in [6.07, 6.45) is 2.68. The molecule has 152 valence electrons. The third-order valence-corrected chi connectivity index (χ3v) is 5.59. The Morgan fingerprint density at radius 2 is 1.93 bits per heavy atom.